The lowest BCUT2D eigenvalue weighted by atomic mass is 10.3. The van der Waals surface area contributed by atoms with Gasteiger partial charge in [-0.25, -0.2) is 9.98 Å². The second-order valence-corrected chi connectivity index (χ2v) is 6.21. The Morgan fingerprint density at radius 2 is 1.89 bits per heavy atom. The summed E-state index contributed by atoms with van der Waals surface area (Å²) in [4.78, 5) is 8.91. The third kappa shape index (κ3) is 8.26. The Morgan fingerprint density at radius 3 is 2.57 bits per heavy atom. The van der Waals surface area contributed by atoms with Crippen LogP contribution >= 0.6 is 0 Å². The Hall–Kier alpha value is -2.80. The van der Waals surface area contributed by atoms with Gasteiger partial charge in [0.05, 0.1) is 13.2 Å². The molecule has 1 aromatic carbocycles. The van der Waals surface area contributed by atoms with Gasteiger partial charge in [-0.3, -0.25) is 0 Å². The lowest BCUT2D eigenvalue weighted by Gasteiger charge is -2.17. The fourth-order valence-corrected chi connectivity index (χ4v) is 2.43. The highest BCUT2D eigenvalue weighted by Crippen LogP contribution is 2.10. The van der Waals surface area contributed by atoms with E-state index in [1.807, 2.05) is 56.3 Å². The number of benzene rings is 1. The van der Waals surface area contributed by atoms with E-state index in [1.165, 1.54) is 0 Å². The van der Waals surface area contributed by atoms with Crippen molar-refractivity contribution in [1.82, 2.24) is 15.6 Å². The molecule has 2 rings (SSSR count). The molecule has 1 aromatic heterocycles. The molecule has 0 saturated heterocycles. The first-order chi connectivity index (χ1) is 13.7. The third-order valence-corrected chi connectivity index (χ3v) is 3.71. The molecule has 2 N–H and O–H groups in total. The van der Waals surface area contributed by atoms with E-state index in [4.69, 9.17) is 14.2 Å². The fourth-order valence-electron chi connectivity index (χ4n) is 2.43. The van der Waals surface area contributed by atoms with Gasteiger partial charge < -0.3 is 24.8 Å². The molecule has 28 heavy (non-hydrogen) atoms. The van der Waals surface area contributed by atoms with Gasteiger partial charge in [-0.15, -0.1) is 0 Å². The molecule has 2 aromatic rings. The van der Waals surface area contributed by atoms with Gasteiger partial charge in [-0.2, -0.15) is 0 Å². The summed E-state index contributed by atoms with van der Waals surface area (Å²) in [5.41, 5.74) is 1.00. The van der Waals surface area contributed by atoms with Crippen LogP contribution in [0.1, 0.15) is 19.4 Å². The number of methoxy groups -OCH3 is 1. The standard InChI is InChI=1S/C21H30N4O3/c1-4-22-21(25-17(2)16-26-3)24-15-18-10-11-20(23-14-18)28-13-12-27-19-8-6-5-7-9-19/h5-11,14,17H,4,12-13,15-16H2,1-3H3,(H2,22,24,25). The molecule has 0 spiro atoms. The molecule has 0 aliphatic rings. The van der Waals surface area contributed by atoms with Crippen molar-refractivity contribution in [3.05, 3.63) is 54.2 Å². The van der Waals surface area contributed by atoms with E-state index in [-0.39, 0.29) is 6.04 Å². The Labute approximate surface area is 167 Å². The smallest absolute Gasteiger partial charge is 0.213 e. The molecule has 0 bridgehead atoms. The van der Waals surface area contributed by atoms with Gasteiger partial charge in [-0.1, -0.05) is 24.3 Å². The zero-order valence-corrected chi connectivity index (χ0v) is 16.9. The molecule has 0 amide bonds. The van der Waals surface area contributed by atoms with Crippen LogP contribution in [0.25, 0.3) is 0 Å². The second kappa shape index (κ2) is 12.6. The molecule has 1 atom stereocenters. The van der Waals surface area contributed by atoms with Crippen molar-refractivity contribution in [2.24, 2.45) is 4.99 Å². The minimum atomic E-state index is 0.176. The molecule has 7 heteroatoms. The van der Waals surface area contributed by atoms with Crippen LogP contribution in [0.2, 0.25) is 0 Å². The Morgan fingerprint density at radius 1 is 1.11 bits per heavy atom. The Balaban J connectivity index is 1.77. The first kappa shape index (κ1) is 21.5. The van der Waals surface area contributed by atoms with Crippen molar-refractivity contribution in [3.63, 3.8) is 0 Å². The summed E-state index contributed by atoms with van der Waals surface area (Å²) in [6.45, 7) is 6.92. The summed E-state index contributed by atoms with van der Waals surface area (Å²) < 4.78 is 16.4. The quantitative estimate of drug-likeness (QED) is 0.351. The molecule has 0 saturated carbocycles. The van der Waals surface area contributed by atoms with Crippen LogP contribution in [0.4, 0.5) is 0 Å². The number of hydrogen-bond acceptors (Lipinski definition) is 5. The fraction of sp³-hybridized carbons (Fsp3) is 0.429. The topological polar surface area (TPSA) is 77.0 Å². The number of para-hydroxylation sites is 1. The molecule has 7 nitrogen and oxygen atoms in total. The van der Waals surface area contributed by atoms with E-state index in [2.05, 4.69) is 20.6 Å². The largest absolute Gasteiger partial charge is 0.490 e. The van der Waals surface area contributed by atoms with Gasteiger partial charge in [-0.05, 0) is 31.5 Å². The summed E-state index contributed by atoms with van der Waals surface area (Å²) in [6, 6.07) is 13.7. The van der Waals surface area contributed by atoms with E-state index in [1.54, 1.807) is 13.3 Å². The summed E-state index contributed by atoms with van der Waals surface area (Å²) >= 11 is 0. The van der Waals surface area contributed by atoms with E-state index in [0.717, 1.165) is 23.8 Å². The zero-order valence-electron chi connectivity index (χ0n) is 16.9. The molecule has 0 aliphatic heterocycles. The molecule has 0 aliphatic carbocycles. The highest BCUT2D eigenvalue weighted by Gasteiger charge is 2.04. The van der Waals surface area contributed by atoms with Crippen LogP contribution in [-0.2, 0) is 11.3 Å². The van der Waals surface area contributed by atoms with Gasteiger partial charge in [0.1, 0.15) is 19.0 Å². The van der Waals surface area contributed by atoms with Crippen molar-refractivity contribution in [2.75, 3.05) is 33.5 Å². The van der Waals surface area contributed by atoms with Crippen molar-refractivity contribution < 1.29 is 14.2 Å². The van der Waals surface area contributed by atoms with Gasteiger partial charge in [0.15, 0.2) is 5.96 Å². The lowest BCUT2D eigenvalue weighted by molar-refractivity contribution is 0.179. The number of aliphatic imine (C=N–C) groups is 1. The highest BCUT2D eigenvalue weighted by atomic mass is 16.5. The van der Waals surface area contributed by atoms with E-state index in [9.17, 15) is 0 Å². The number of hydrogen-bond donors (Lipinski definition) is 2. The minimum Gasteiger partial charge on any atom is -0.490 e. The monoisotopic (exact) mass is 386 g/mol. The van der Waals surface area contributed by atoms with Crippen molar-refractivity contribution in [3.8, 4) is 11.6 Å². The maximum Gasteiger partial charge on any atom is 0.213 e. The number of aromatic nitrogens is 1. The molecule has 1 heterocycles. The van der Waals surface area contributed by atoms with Gasteiger partial charge >= 0.3 is 0 Å². The van der Waals surface area contributed by atoms with E-state index < -0.39 is 0 Å². The van der Waals surface area contributed by atoms with Gasteiger partial charge in [0.25, 0.3) is 0 Å². The van der Waals surface area contributed by atoms with Crippen LogP contribution in [0, 0.1) is 0 Å². The maximum atomic E-state index is 5.62. The number of guanidine groups is 1. The number of pyridine rings is 1. The second-order valence-electron chi connectivity index (χ2n) is 6.21. The molecule has 1 unspecified atom stereocenters. The normalized spacial score (nSPS) is 12.3. The Kier molecular flexibility index (Phi) is 9.65. The Bertz CT molecular complexity index is 693. The van der Waals surface area contributed by atoms with E-state index >= 15 is 0 Å². The summed E-state index contributed by atoms with van der Waals surface area (Å²) in [7, 11) is 1.69. The SMILES string of the molecule is CCNC(=NCc1ccc(OCCOc2ccccc2)nc1)NC(C)COC. The van der Waals surface area contributed by atoms with Crippen LogP contribution in [0.15, 0.2) is 53.7 Å². The molecular weight excluding hydrogens is 356 g/mol. The maximum absolute atomic E-state index is 5.62. The van der Waals surface area contributed by atoms with Gasteiger partial charge in [0, 0.05) is 32.0 Å². The average Bonchev–Trinajstić information content (AvgIpc) is 2.71. The first-order valence-electron chi connectivity index (χ1n) is 9.50. The van der Waals surface area contributed by atoms with Crippen molar-refractivity contribution in [2.45, 2.75) is 26.4 Å². The third-order valence-electron chi connectivity index (χ3n) is 3.71. The average molecular weight is 386 g/mol. The van der Waals surface area contributed by atoms with Crippen LogP contribution < -0.4 is 20.1 Å². The number of nitrogens with one attached hydrogen (secondary N) is 2. The van der Waals surface area contributed by atoms with Crippen LogP contribution in [0.5, 0.6) is 11.6 Å². The molecule has 0 fully saturated rings. The molecular formula is C21H30N4O3. The van der Waals surface area contributed by atoms with Crippen molar-refractivity contribution in [1.29, 1.82) is 0 Å². The molecule has 0 radical (unpaired) electrons. The number of rotatable bonds is 11. The van der Waals surface area contributed by atoms with Crippen molar-refractivity contribution >= 4 is 5.96 Å². The van der Waals surface area contributed by atoms with Crippen LogP contribution in [-0.4, -0.2) is 50.5 Å². The molecule has 152 valence electrons. The van der Waals surface area contributed by atoms with Crippen LogP contribution in [0.3, 0.4) is 0 Å². The highest BCUT2D eigenvalue weighted by molar-refractivity contribution is 5.80. The van der Waals surface area contributed by atoms with E-state index in [0.29, 0.717) is 32.2 Å². The summed E-state index contributed by atoms with van der Waals surface area (Å²) in [6.07, 6.45) is 1.78. The minimum absolute atomic E-state index is 0.176. The summed E-state index contributed by atoms with van der Waals surface area (Å²) in [5, 5.41) is 6.53. The first-order valence-corrected chi connectivity index (χ1v) is 9.50. The van der Waals surface area contributed by atoms with Gasteiger partial charge in [0.2, 0.25) is 5.88 Å². The predicted molar refractivity (Wildman–Crippen MR) is 111 cm³/mol. The lowest BCUT2D eigenvalue weighted by Crippen LogP contribution is -2.43. The number of nitrogens with zero attached hydrogens (tertiary/aromatic N) is 2. The number of ether oxygens (including phenoxy) is 3. The predicted octanol–water partition coefficient (Wildman–Crippen LogP) is 2.63. The zero-order chi connectivity index (χ0) is 20.0. The summed E-state index contributed by atoms with van der Waals surface area (Å²) in [5.74, 6) is 2.16.